The Hall–Kier alpha value is -2.08. The number of halogens is 1. The molecule has 112 valence electrons. The molecular weight excluding hydrogens is 293 g/mol. The molecular formula is C15H16FNO3S. The topological polar surface area (TPSA) is 55.4 Å². The molecule has 0 bridgehead atoms. The van der Waals surface area contributed by atoms with Gasteiger partial charge in [0.15, 0.2) is 0 Å². The first-order chi connectivity index (χ1) is 9.83. The second-order valence-corrected chi connectivity index (χ2v) is 6.32. The maximum absolute atomic E-state index is 13.3. The van der Waals surface area contributed by atoms with Crippen molar-refractivity contribution in [1.29, 1.82) is 0 Å². The van der Waals surface area contributed by atoms with Crippen molar-refractivity contribution in [2.24, 2.45) is 0 Å². The van der Waals surface area contributed by atoms with E-state index in [1.165, 1.54) is 19.2 Å². The molecule has 0 unspecified atom stereocenters. The fourth-order valence-corrected chi connectivity index (χ4v) is 3.70. The molecule has 0 saturated carbocycles. The van der Waals surface area contributed by atoms with Gasteiger partial charge in [-0.1, -0.05) is 0 Å². The fraction of sp³-hybridized carbons (Fsp3) is 0.200. The standard InChI is InChI=1S/C15H16FNO3S/c1-10-8-12(16)9-11(2)15(10)21(18,19)17-13-4-6-14(20-3)7-5-13/h4-9,17H,1-3H3. The first-order valence-electron chi connectivity index (χ1n) is 6.27. The molecule has 0 spiro atoms. The number of rotatable bonds is 4. The number of ether oxygens (including phenoxy) is 1. The van der Waals surface area contributed by atoms with Gasteiger partial charge in [-0.3, -0.25) is 4.72 Å². The van der Waals surface area contributed by atoms with Crippen LogP contribution in [0.1, 0.15) is 11.1 Å². The van der Waals surface area contributed by atoms with Gasteiger partial charge in [-0.15, -0.1) is 0 Å². The molecule has 21 heavy (non-hydrogen) atoms. The number of methoxy groups -OCH3 is 1. The van der Waals surface area contributed by atoms with Crippen LogP contribution in [0.25, 0.3) is 0 Å². The van der Waals surface area contributed by atoms with E-state index in [4.69, 9.17) is 4.74 Å². The number of hydrogen-bond acceptors (Lipinski definition) is 3. The molecule has 0 heterocycles. The molecule has 0 aliphatic carbocycles. The summed E-state index contributed by atoms with van der Waals surface area (Å²) in [5.41, 5.74) is 1.15. The number of benzene rings is 2. The molecule has 6 heteroatoms. The summed E-state index contributed by atoms with van der Waals surface area (Å²) in [4.78, 5) is 0.0970. The van der Waals surface area contributed by atoms with E-state index in [0.717, 1.165) is 0 Å². The fourth-order valence-electron chi connectivity index (χ4n) is 2.19. The lowest BCUT2D eigenvalue weighted by molar-refractivity contribution is 0.415. The quantitative estimate of drug-likeness (QED) is 0.943. The summed E-state index contributed by atoms with van der Waals surface area (Å²) in [5.74, 6) is 0.181. The molecule has 0 saturated heterocycles. The number of nitrogens with one attached hydrogen (secondary N) is 1. The molecule has 0 aliphatic heterocycles. The van der Waals surface area contributed by atoms with E-state index in [0.29, 0.717) is 22.6 Å². The van der Waals surface area contributed by atoms with Crippen LogP contribution in [-0.2, 0) is 10.0 Å². The monoisotopic (exact) mass is 309 g/mol. The zero-order chi connectivity index (χ0) is 15.6. The van der Waals surface area contributed by atoms with Crippen LogP contribution in [0.4, 0.5) is 10.1 Å². The van der Waals surface area contributed by atoms with Gasteiger partial charge in [0, 0.05) is 5.69 Å². The Bertz CT molecular complexity index is 732. The third-order valence-electron chi connectivity index (χ3n) is 3.04. The third kappa shape index (κ3) is 3.33. The molecule has 0 atom stereocenters. The van der Waals surface area contributed by atoms with Crippen molar-refractivity contribution in [3.8, 4) is 5.75 Å². The zero-order valence-corrected chi connectivity index (χ0v) is 12.8. The molecule has 2 aromatic carbocycles. The molecule has 0 radical (unpaired) electrons. The van der Waals surface area contributed by atoms with E-state index in [9.17, 15) is 12.8 Å². The van der Waals surface area contributed by atoms with Gasteiger partial charge in [0.05, 0.1) is 12.0 Å². The first-order valence-corrected chi connectivity index (χ1v) is 7.75. The van der Waals surface area contributed by atoms with Crippen LogP contribution in [0.2, 0.25) is 0 Å². The maximum atomic E-state index is 13.3. The number of anilines is 1. The van der Waals surface area contributed by atoms with Gasteiger partial charge in [-0.25, -0.2) is 12.8 Å². The zero-order valence-electron chi connectivity index (χ0n) is 12.0. The molecule has 0 amide bonds. The van der Waals surface area contributed by atoms with E-state index < -0.39 is 15.8 Å². The van der Waals surface area contributed by atoms with Gasteiger partial charge < -0.3 is 4.74 Å². The van der Waals surface area contributed by atoms with Gasteiger partial charge in [0.25, 0.3) is 10.0 Å². The summed E-state index contributed by atoms with van der Waals surface area (Å²) in [7, 11) is -2.24. The van der Waals surface area contributed by atoms with Crippen LogP contribution >= 0.6 is 0 Å². The number of sulfonamides is 1. The summed E-state index contributed by atoms with van der Waals surface area (Å²) in [6, 6.07) is 8.92. The summed E-state index contributed by atoms with van der Waals surface area (Å²) in [6.45, 7) is 3.14. The summed E-state index contributed by atoms with van der Waals surface area (Å²) in [6.07, 6.45) is 0. The van der Waals surface area contributed by atoms with Crippen molar-refractivity contribution in [3.63, 3.8) is 0 Å². The summed E-state index contributed by atoms with van der Waals surface area (Å²) in [5, 5.41) is 0. The highest BCUT2D eigenvalue weighted by Crippen LogP contribution is 2.24. The Kier molecular flexibility index (Phi) is 4.18. The Morgan fingerprint density at radius 1 is 1.05 bits per heavy atom. The van der Waals surface area contributed by atoms with Gasteiger partial charge in [0.1, 0.15) is 11.6 Å². The minimum Gasteiger partial charge on any atom is -0.497 e. The lowest BCUT2D eigenvalue weighted by Gasteiger charge is -2.13. The molecule has 1 N–H and O–H groups in total. The number of aryl methyl sites for hydroxylation is 2. The largest absolute Gasteiger partial charge is 0.497 e. The average molecular weight is 309 g/mol. The van der Waals surface area contributed by atoms with E-state index in [1.807, 2.05) is 0 Å². The van der Waals surface area contributed by atoms with Gasteiger partial charge >= 0.3 is 0 Å². The van der Waals surface area contributed by atoms with Crippen LogP contribution in [0.5, 0.6) is 5.75 Å². The van der Waals surface area contributed by atoms with Crippen molar-refractivity contribution in [2.45, 2.75) is 18.7 Å². The minimum atomic E-state index is -3.77. The highest BCUT2D eigenvalue weighted by molar-refractivity contribution is 7.92. The SMILES string of the molecule is COc1ccc(NS(=O)(=O)c2c(C)cc(F)cc2C)cc1. The Balaban J connectivity index is 2.38. The van der Waals surface area contributed by atoms with Crippen LogP contribution in [0.3, 0.4) is 0 Å². The maximum Gasteiger partial charge on any atom is 0.262 e. The van der Waals surface area contributed by atoms with Crippen molar-refractivity contribution in [3.05, 3.63) is 53.3 Å². The van der Waals surface area contributed by atoms with Crippen molar-refractivity contribution >= 4 is 15.7 Å². The Morgan fingerprint density at radius 2 is 1.57 bits per heavy atom. The van der Waals surface area contributed by atoms with Crippen LogP contribution in [0, 0.1) is 19.7 Å². The summed E-state index contributed by atoms with van der Waals surface area (Å²) >= 11 is 0. The van der Waals surface area contributed by atoms with E-state index in [1.54, 1.807) is 38.1 Å². The average Bonchev–Trinajstić information content (AvgIpc) is 2.37. The second kappa shape index (κ2) is 5.73. The molecule has 4 nitrogen and oxygen atoms in total. The van der Waals surface area contributed by atoms with Crippen molar-refractivity contribution < 1.29 is 17.5 Å². The van der Waals surface area contributed by atoms with Crippen LogP contribution < -0.4 is 9.46 Å². The lowest BCUT2D eigenvalue weighted by Crippen LogP contribution is -2.16. The first kappa shape index (κ1) is 15.3. The molecule has 0 aromatic heterocycles. The van der Waals surface area contributed by atoms with Gasteiger partial charge in [0.2, 0.25) is 0 Å². The normalized spacial score (nSPS) is 11.2. The van der Waals surface area contributed by atoms with E-state index >= 15 is 0 Å². The van der Waals surface area contributed by atoms with E-state index in [2.05, 4.69) is 4.72 Å². The van der Waals surface area contributed by atoms with Gasteiger partial charge in [-0.05, 0) is 61.4 Å². The molecule has 0 aliphatic rings. The Morgan fingerprint density at radius 3 is 2.05 bits per heavy atom. The minimum absolute atomic E-state index is 0.0970. The second-order valence-electron chi connectivity index (χ2n) is 4.70. The third-order valence-corrected chi connectivity index (χ3v) is 4.72. The molecule has 2 rings (SSSR count). The smallest absolute Gasteiger partial charge is 0.262 e. The predicted molar refractivity (Wildman–Crippen MR) is 79.7 cm³/mol. The van der Waals surface area contributed by atoms with Crippen LogP contribution in [-0.4, -0.2) is 15.5 Å². The summed E-state index contributed by atoms with van der Waals surface area (Å²) < 4.78 is 45.7. The van der Waals surface area contributed by atoms with Crippen LogP contribution in [0.15, 0.2) is 41.3 Å². The predicted octanol–water partition coefficient (Wildman–Crippen LogP) is 3.25. The molecule has 2 aromatic rings. The molecule has 0 fully saturated rings. The van der Waals surface area contributed by atoms with Crippen molar-refractivity contribution in [1.82, 2.24) is 0 Å². The number of hydrogen-bond donors (Lipinski definition) is 1. The van der Waals surface area contributed by atoms with Crippen molar-refractivity contribution in [2.75, 3.05) is 11.8 Å². The Labute approximate surface area is 123 Å². The van der Waals surface area contributed by atoms with E-state index in [-0.39, 0.29) is 4.90 Å². The van der Waals surface area contributed by atoms with Gasteiger partial charge in [-0.2, -0.15) is 0 Å². The highest BCUT2D eigenvalue weighted by atomic mass is 32.2. The highest BCUT2D eigenvalue weighted by Gasteiger charge is 2.20. The lowest BCUT2D eigenvalue weighted by atomic mass is 10.1.